The minimum absolute atomic E-state index is 0.00910. The number of pyridine rings is 1. The molecule has 0 spiro atoms. The number of hydrogen-bond donors (Lipinski definition) is 2. The second-order valence-corrected chi connectivity index (χ2v) is 3.13. The molecule has 0 saturated carbocycles. The minimum Gasteiger partial charge on any atom is -0.482 e. The predicted octanol–water partition coefficient (Wildman–Crippen LogP) is 0.796. The number of rotatable bonds is 4. The highest BCUT2D eigenvalue weighted by molar-refractivity contribution is 5.75. The third kappa shape index (κ3) is 5.05. The van der Waals surface area contributed by atoms with Crippen molar-refractivity contribution in [2.24, 2.45) is 16.5 Å². The molecule has 0 radical (unpaired) electrons. The fourth-order valence-corrected chi connectivity index (χ4v) is 1.01. The van der Waals surface area contributed by atoms with Crippen LogP contribution >= 0.6 is 0 Å². The molecular formula is C9H11F3N4O. The van der Waals surface area contributed by atoms with Crippen LogP contribution in [0.25, 0.3) is 0 Å². The van der Waals surface area contributed by atoms with Crippen LogP contribution in [0.2, 0.25) is 0 Å². The lowest BCUT2D eigenvalue weighted by Crippen LogP contribution is -2.23. The van der Waals surface area contributed by atoms with Crippen LogP contribution in [0.1, 0.15) is 5.56 Å². The van der Waals surface area contributed by atoms with E-state index in [9.17, 15) is 13.2 Å². The molecule has 0 aliphatic carbocycles. The lowest BCUT2D eigenvalue weighted by atomic mass is 10.2. The zero-order valence-corrected chi connectivity index (χ0v) is 8.74. The summed E-state index contributed by atoms with van der Waals surface area (Å²) in [6.07, 6.45) is -1.80. The molecule has 0 atom stereocenters. The zero-order chi connectivity index (χ0) is 12.9. The first kappa shape index (κ1) is 13.1. The van der Waals surface area contributed by atoms with Crippen molar-refractivity contribution in [2.75, 3.05) is 6.61 Å². The van der Waals surface area contributed by atoms with Gasteiger partial charge in [0.15, 0.2) is 12.6 Å². The maximum atomic E-state index is 12.0. The van der Waals surface area contributed by atoms with Crippen molar-refractivity contribution in [3.8, 4) is 5.75 Å². The van der Waals surface area contributed by atoms with Crippen LogP contribution in [0.4, 0.5) is 13.2 Å². The molecule has 1 rings (SSSR count). The fraction of sp³-hybridized carbons (Fsp3) is 0.333. The van der Waals surface area contributed by atoms with Gasteiger partial charge in [0.25, 0.3) is 0 Å². The van der Waals surface area contributed by atoms with Crippen molar-refractivity contribution in [3.63, 3.8) is 0 Å². The Labute approximate surface area is 95.3 Å². The number of aromatic nitrogens is 1. The van der Waals surface area contributed by atoms with Gasteiger partial charge in [-0.25, -0.2) is 4.99 Å². The summed E-state index contributed by atoms with van der Waals surface area (Å²) in [7, 11) is 0. The number of hydrogen-bond acceptors (Lipinski definition) is 3. The second kappa shape index (κ2) is 5.37. The molecule has 94 valence electrons. The Morgan fingerprint density at radius 1 is 1.41 bits per heavy atom. The quantitative estimate of drug-likeness (QED) is 0.609. The lowest BCUT2D eigenvalue weighted by Gasteiger charge is -2.11. The lowest BCUT2D eigenvalue weighted by molar-refractivity contribution is -0.153. The molecule has 0 aliphatic rings. The molecule has 0 fully saturated rings. The van der Waals surface area contributed by atoms with E-state index < -0.39 is 12.8 Å². The minimum atomic E-state index is -4.40. The number of aliphatic imine (C=N–C) groups is 1. The Morgan fingerprint density at radius 3 is 2.71 bits per heavy atom. The Hall–Kier alpha value is -1.99. The summed E-state index contributed by atoms with van der Waals surface area (Å²) in [5.74, 6) is -0.140. The summed E-state index contributed by atoms with van der Waals surface area (Å²) < 4.78 is 40.5. The molecule has 0 aromatic carbocycles. The van der Waals surface area contributed by atoms with Crippen molar-refractivity contribution >= 4 is 5.96 Å². The van der Waals surface area contributed by atoms with Gasteiger partial charge in [-0.15, -0.1) is 0 Å². The Kier molecular flexibility index (Phi) is 4.13. The Bertz CT molecular complexity index is 401. The normalized spacial score (nSPS) is 11.0. The van der Waals surface area contributed by atoms with Crippen LogP contribution in [-0.2, 0) is 6.54 Å². The summed E-state index contributed by atoms with van der Waals surface area (Å²) in [4.78, 5) is 7.35. The van der Waals surface area contributed by atoms with Gasteiger partial charge >= 0.3 is 6.18 Å². The van der Waals surface area contributed by atoms with Crippen molar-refractivity contribution in [1.82, 2.24) is 4.98 Å². The molecule has 0 bridgehead atoms. The van der Waals surface area contributed by atoms with Crippen LogP contribution in [-0.4, -0.2) is 23.7 Å². The molecular weight excluding hydrogens is 237 g/mol. The molecule has 1 aromatic rings. The van der Waals surface area contributed by atoms with Crippen molar-refractivity contribution in [1.29, 1.82) is 0 Å². The number of ether oxygens (including phenoxy) is 1. The standard InChI is InChI=1S/C9H11F3N4O/c10-9(11,12)5-17-7-4-15-2-1-6(7)3-16-8(13)14/h1-2,4H,3,5H2,(H4,13,14,16). The van der Waals surface area contributed by atoms with Gasteiger partial charge in [-0.3, -0.25) is 4.98 Å². The molecule has 17 heavy (non-hydrogen) atoms. The molecule has 8 heteroatoms. The first-order valence-electron chi connectivity index (χ1n) is 4.56. The molecule has 0 aliphatic heterocycles. The number of alkyl halides is 3. The van der Waals surface area contributed by atoms with Crippen LogP contribution in [0, 0.1) is 0 Å². The largest absolute Gasteiger partial charge is 0.482 e. The van der Waals surface area contributed by atoms with Crippen molar-refractivity contribution < 1.29 is 17.9 Å². The molecule has 4 N–H and O–H groups in total. The highest BCUT2D eigenvalue weighted by atomic mass is 19.4. The SMILES string of the molecule is NC(N)=NCc1ccncc1OCC(F)(F)F. The van der Waals surface area contributed by atoms with Gasteiger partial charge in [0.05, 0.1) is 12.7 Å². The predicted molar refractivity (Wildman–Crippen MR) is 55.3 cm³/mol. The summed E-state index contributed by atoms with van der Waals surface area (Å²) in [6.45, 7) is -1.34. The van der Waals surface area contributed by atoms with Gasteiger partial charge in [-0.2, -0.15) is 13.2 Å². The zero-order valence-electron chi connectivity index (χ0n) is 8.74. The van der Waals surface area contributed by atoms with Crippen LogP contribution < -0.4 is 16.2 Å². The summed E-state index contributed by atoms with van der Waals surface area (Å²) >= 11 is 0. The summed E-state index contributed by atoms with van der Waals surface area (Å²) in [6, 6.07) is 1.48. The van der Waals surface area contributed by atoms with Crippen LogP contribution in [0.3, 0.4) is 0 Å². The third-order valence-electron chi connectivity index (χ3n) is 1.69. The maximum Gasteiger partial charge on any atom is 0.422 e. The van der Waals surface area contributed by atoms with E-state index in [1.165, 1.54) is 18.5 Å². The number of nitrogens with zero attached hydrogens (tertiary/aromatic N) is 2. The van der Waals surface area contributed by atoms with E-state index in [0.29, 0.717) is 5.56 Å². The monoisotopic (exact) mass is 248 g/mol. The van der Waals surface area contributed by atoms with Crippen LogP contribution in [0.5, 0.6) is 5.75 Å². The average molecular weight is 248 g/mol. The van der Waals surface area contributed by atoms with Crippen LogP contribution in [0.15, 0.2) is 23.5 Å². The van der Waals surface area contributed by atoms with E-state index in [1.807, 2.05) is 0 Å². The Balaban J connectivity index is 2.74. The van der Waals surface area contributed by atoms with E-state index in [1.54, 1.807) is 0 Å². The molecule has 1 heterocycles. The third-order valence-corrected chi connectivity index (χ3v) is 1.69. The van der Waals surface area contributed by atoms with E-state index in [-0.39, 0.29) is 18.3 Å². The molecule has 1 aromatic heterocycles. The first-order valence-corrected chi connectivity index (χ1v) is 4.56. The topological polar surface area (TPSA) is 86.5 Å². The highest BCUT2D eigenvalue weighted by Gasteiger charge is 2.28. The van der Waals surface area contributed by atoms with E-state index in [2.05, 4.69) is 14.7 Å². The molecule has 0 unspecified atom stereocenters. The van der Waals surface area contributed by atoms with Gasteiger partial charge in [0.1, 0.15) is 5.75 Å². The van der Waals surface area contributed by atoms with E-state index >= 15 is 0 Å². The smallest absolute Gasteiger partial charge is 0.422 e. The molecule has 0 saturated heterocycles. The van der Waals surface area contributed by atoms with Crippen molar-refractivity contribution in [3.05, 3.63) is 24.0 Å². The van der Waals surface area contributed by atoms with Gasteiger partial charge < -0.3 is 16.2 Å². The maximum absolute atomic E-state index is 12.0. The van der Waals surface area contributed by atoms with Gasteiger partial charge in [0.2, 0.25) is 0 Å². The fourth-order valence-electron chi connectivity index (χ4n) is 1.01. The number of nitrogens with two attached hydrogens (primary N) is 2. The Morgan fingerprint density at radius 2 is 2.12 bits per heavy atom. The second-order valence-electron chi connectivity index (χ2n) is 3.13. The first-order chi connectivity index (χ1) is 7.88. The van der Waals surface area contributed by atoms with Gasteiger partial charge in [-0.05, 0) is 6.07 Å². The number of halogens is 3. The average Bonchev–Trinajstić information content (AvgIpc) is 2.23. The number of guanidine groups is 1. The summed E-state index contributed by atoms with van der Waals surface area (Å²) in [5.41, 5.74) is 10.7. The van der Waals surface area contributed by atoms with E-state index in [4.69, 9.17) is 11.5 Å². The molecule has 5 nitrogen and oxygen atoms in total. The van der Waals surface area contributed by atoms with Crippen molar-refractivity contribution in [2.45, 2.75) is 12.7 Å². The van der Waals surface area contributed by atoms with Gasteiger partial charge in [-0.1, -0.05) is 0 Å². The van der Waals surface area contributed by atoms with Gasteiger partial charge in [0, 0.05) is 11.8 Å². The molecule has 0 amide bonds. The summed E-state index contributed by atoms with van der Waals surface area (Å²) in [5, 5.41) is 0. The van der Waals surface area contributed by atoms with E-state index in [0.717, 1.165) is 0 Å². The highest BCUT2D eigenvalue weighted by Crippen LogP contribution is 2.21.